The lowest BCUT2D eigenvalue weighted by Crippen LogP contribution is -2.24. The highest BCUT2D eigenvalue weighted by molar-refractivity contribution is 7.15. The zero-order valence-electron chi connectivity index (χ0n) is 10.9. The van der Waals surface area contributed by atoms with Crippen molar-refractivity contribution >= 4 is 11.3 Å². The van der Waals surface area contributed by atoms with Crippen LogP contribution in [0.5, 0.6) is 0 Å². The molecule has 2 aromatic rings. The maximum absolute atomic E-state index is 13.8. The number of hydrogen-bond acceptors (Lipinski definition) is 3. The number of nitrogens with zero attached hydrogens (tertiary/aromatic N) is 1. The first-order valence-corrected chi connectivity index (χ1v) is 7.59. The van der Waals surface area contributed by atoms with Crippen molar-refractivity contribution in [3.05, 3.63) is 40.7 Å². The molecule has 4 heteroatoms. The summed E-state index contributed by atoms with van der Waals surface area (Å²) in [6, 6.07) is 7.22. The monoisotopic (exact) mass is 276 g/mol. The van der Waals surface area contributed by atoms with Gasteiger partial charge in [-0.3, -0.25) is 0 Å². The summed E-state index contributed by atoms with van der Waals surface area (Å²) in [6.07, 6.45) is 3.38. The molecule has 19 heavy (non-hydrogen) atoms. The third-order valence-electron chi connectivity index (χ3n) is 3.51. The smallest absolute Gasteiger partial charge is 0.133 e. The van der Waals surface area contributed by atoms with E-state index in [0.717, 1.165) is 30.1 Å². The van der Waals surface area contributed by atoms with Crippen molar-refractivity contribution < 1.29 is 4.39 Å². The molecule has 1 heterocycles. The molecule has 0 saturated heterocycles. The van der Waals surface area contributed by atoms with Crippen molar-refractivity contribution in [3.8, 4) is 10.6 Å². The number of hydrogen-bond donors (Lipinski definition) is 1. The zero-order chi connectivity index (χ0) is 13.2. The molecule has 1 unspecified atom stereocenters. The Bertz CT molecular complexity index is 579. The Balaban J connectivity index is 2.00. The summed E-state index contributed by atoms with van der Waals surface area (Å²) in [5.74, 6) is -0.186. The molecule has 0 bridgehead atoms. The highest BCUT2D eigenvalue weighted by Gasteiger charge is 2.24. The number of nitrogens with one attached hydrogen (secondary N) is 1. The lowest BCUT2D eigenvalue weighted by atomic mass is 9.97. The fourth-order valence-electron chi connectivity index (χ4n) is 2.61. The van der Waals surface area contributed by atoms with Crippen molar-refractivity contribution in [2.24, 2.45) is 0 Å². The molecule has 1 aliphatic rings. The van der Waals surface area contributed by atoms with Crippen LogP contribution in [0.1, 0.15) is 36.4 Å². The minimum atomic E-state index is -0.186. The average molecular weight is 276 g/mol. The zero-order valence-corrected chi connectivity index (χ0v) is 11.8. The van der Waals surface area contributed by atoms with Crippen LogP contribution in [0.25, 0.3) is 10.6 Å². The Kier molecular flexibility index (Phi) is 3.62. The largest absolute Gasteiger partial charge is 0.309 e. The highest BCUT2D eigenvalue weighted by Crippen LogP contribution is 2.37. The summed E-state index contributed by atoms with van der Waals surface area (Å²) in [6.45, 7) is 3.05. The number of aromatic nitrogens is 1. The Morgan fingerprint density at radius 2 is 2.26 bits per heavy atom. The Hall–Kier alpha value is -1.26. The Morgan fingerprint density at radius 3 is 3.05 bits per heavy atom. The minimum Gasteiger partial charge on any atom is -0.309 e. The van der Waals surface area contributed by atoms with Gasteiger partial charge in [-0.05, 0) is 37.9 Å². The number of benzene rings is 1. The fraction of sp³-hybridized carbons (Fsp3) is 0.400. The van der Waals surface area contributed by atoms with E-state index in [0.29, 0.717) is 11.6 Å². The molecule has 0 fully saturated rings. The van der Waals surface area contributed by atoms with Crippen molar-refractivity contribution in [2.75, 3.05) is 6.54 Å². The molecule has 2 nitrogen and oxygen atoms in total. The number of aryl methyl sites for hydroxylation is 1. The second-order valence-corrected chi connectivity index (χ2v) is 5.89. The van der Waals surface area contributed by atoms with Gasteiger partial charge >= 0.3 is 0 Å². The summed E-state index contributed by atoms with van der Waals surface area (Å²) in [4.78, 5) is 6.01. The van der Waals surface area contributed by atoms with Crippen molar-refractivity contribution in [1.29, 1.82) is 0 Å². The highest BCUT2D eigenvalue weighted by atomic mass is 32.1. The van der Waals surface area contributed by atoms with Gasteiger partial charge in [-0.1, -0.05) is 19.1 Å². The lowest BCUT2D eigenvalue weighted by Gasteiger charge is -2.21. The van der Waals surface area contributed by atoms with Crippen molar-refractivity contribution in [1.82, 2.24) is 10.3 Å². The summed E-state index contributed by atoms with van der Waals surface area (Å²) in [5, 5.41) is 4.28. The van der Waals surface area contributed by atoms with Crippen LogP contribution in [0.4, 0.5) is 4.39 Å². The van der Waals surface area contributed by atoms with Crippen LogP contribution >= 0.6 is 11.3 Å². The Labute approximate surface area is 116 Å². The van der Waals surface area contributed by atoms with Crippen LogP contribution in [0.3, 0.4) is 0 Å². The number of rotatable bonds is 3. The van der Waals surface area contributed by atoms with E-state index in [9.17, 15) is 4.39 Å². The molecule has 3 rings (SSSR count). The molecule has 0 spiro atoms. The van der Waals surface area contributed by atoms with Gasteiger partial charge in [-0.15, -0.1) is 11.3 Å². The molecule has 1 aromatic carbocycles. The predicted molar refractivity (Wildman–Crippen MR) is 76.9 cm³/mol. The van der Waals surface area contributed by atoms with Crippen LogP contribution in [0.15, 0.2) is 24.3 Å². The Morgan fingerprint density at radius 1 is 1.42 bits per heavy atom. The molecular formula is C15H17FN2S. The van der Waals surface area contributed by atoms with E-state index in [1.807, 2.05) is 12.1 Å². The molecule has 100 valence electrons. The standard InChI is InChI=1S/C15H17FN2S/c1-2-17-12-8-5-9-13-14(12)18-15(19-13)10-6-3-4-7-11(10)16/h3-4,6-7,12,17H,2,5,8-9H2,1H3. The summed E-state index contributed by atoms with van der Waals surface area (Å²) in [5.41, 5.74) is 1.76. The van der Waals surface area contributed by atoms with E-state index >= 15 is 0 Å². The van der Waals surface area contributed by atoms with Crippen LogP contribution < -0.4 is 5.32 Å². The molecule has 0 radical (unpaired) electrons. The predicted octanol–water partition coefficient (Wildman–Crippen LogP) is 3.94. The molecule has 1 aromatic heterocycles. The first-order chi connectivity index (χ1) is 9.29. The van der Waals surface area contributed by atoms with Crippen molar-refractivity contribution in [2.45, 2.75) is 32.2 Å². The van der Waals surface area contributed by atoms with E-state index in [1.165, 1.54) is 17.4 Å². The first kappa shape index (κ1) is 12.8. The maximum Gasteiger partial charge on any atom is 0.133 e. The molecule has 1 N–H and O–H groups in total. The molecule has 0 aliphatic heterocycles. The molecule has 0 saturated carbocycles. The van der Waals surface area contributed by atoms with Crippen LogP contribution in [-0.2, 0) is 6.42 Å². The third kappa shape index (κ3) is 2.42. The number of thiazole rings is 1. The quantitative estimate of drug-likeness (QED) is 0.918. The topological polar surface area (TPSA) is 24.9 Å². The first-order valence-electron chi connectivity index (χ1n) is 6.77. The minimum absolute atomic E-state index is 0.186. The lowest BCUT2D eigenvalue weighted by molar-refractivity contribution is 0.465. The molecule has 1 atom stereocenters. The molecule has 0 amide bonds. The van der Waals surface area contributed by atoms with Gasteiger partial charge in [0.05, 0.1) is 11.7 Å². The van der Waals surface area contributed by atoms with Crippen LogP contribution in [0.2, 0.25) is 0 Å². The maximum atomic E-state index is 13.8. The fourth-order valence-corrected chi connectivity index (χ4v) is 3.81. The molecule has 1 aliphatic carbocycles. The normalized spacial score (nSPS) is 18.3. The van der Waals surface area contributed by atoms with Gasteiger partial charge in [-0.2, -0.15) is 0 Å². The summed E-state index contributed by atoms with van der Waals surface area (Å²) >= 11 is 1.64. The van der Waals surface area contributed by atoms with E-state index < -0.39 is 0 Å². The van der Waals surface area contributed by atoms with E-state index in [-0.39, 0.29) is 5.82 Å². The van der Waals surface area contributed by atoms with Gasteiger partial charge < -0.3 is 5.32 Å². The van der Waals surface area contributed by atoms with Gasteiger partial charge in [0, 0.05) is 10.4 Å². The van der Waals surface area contributed by atoms with Gasteiger partial charge in [-0.25, -0.2) is 9.37 Å². The number of halogens is 1. The van der Waals surface area contributed by atoms with Gasteiger partial charge in [0.1, 0.15) is 10.8 Å². The van der Waals surface area contributed by atoms with E-state index in [1.54, 1.807) is 17.4 Å². The second-order valence-electron chi connectivity index (χ2n) is 4.81. The SMILES string of the molecule is CCNC1CCCc2sc(-c3ccccc3F)nc21. The summed E-state index contributed by atoms with van der Waals surface area (Å²) in [7, 11) is 0. The van der Waals surface area contributed by atoms with Crippen LogP contribution in [-0.4, -0.2) is 11.5 Å². The van der Waals surface area contributed by atoms with Gasteiger partial charge in [0.2, 0.25) is 0 Å². The van der Waals surface area contributed by atoms with E-state index in [4.69, 9.17) is 4.98 Å². The number of fused-ring (bicyclic) bond motifs is 1. The summed E-state index contributed by atoms with van der Waals surface area (Å²) < 4.78 is 13.8. The average Bonchev–Trinajstić information content (AvgIpc) is 2.84. The second kappa shape index (κ2) is 5.39. The van der Waals surface area contributed by atoms with Crippen molar-refractivity contribution in [3.63, 3.8) is 0 Å². The third-order valence-corrected chi connectivity index (χ3v) is 4.67. The van der Waals surface area contributed by atoms with Gasteiger partial charge in [0.25, 0.3) is 0 Å². The molecular weight excluding hydrogens is 259 g/mol. The van der Waals surface area contributed by atoms with Gasteiger partial charge in [0.15, 0.2) is 0 Å². The van der Waals surface area contributed by atoms with E-state index in [2.05, 4.69) is 12.2 Å². The van der Waals surface area contributed by atoms with Crippen LogP contribution in [0, 0.1) is 5.82 Å².